The van der Waals surface area contributed by atoms with Crippen LogP contribution < -0.4 is 4.74 Å². The lowest BCUT2D eigenvalue weighted by Crippen LogP contribution is -2.37. The maximum absolute atomic E-state index is 13.1. The second kappa shape index (κ2) is 8.83. The highest BCUT2D eigenvalue weighted by Crippen LogP contribution is 2.36. The standard InChI is InChI=1S/C22H21N7O2S/c1-31-19-8-3-2-7-18(19)21-25-24-20(32-21)15-9-11-28(12-10-15)22(30)16-5-4-6-17(13-16)29-14-23-26-27-29/h2-8,13-15H,9-12H2,1H3. The van der Waals surface area contributed by atoms with Gasteiger partial charge in [-0.3, -0.25) is 4.79 Å². The topological polar surface area (TPSA) is 98.9 Å². The molecule has 0 radical (unpaired) electrons. The van der Waals surface area contributed by atoms with Gasteiger partial charge in [0, 0.05) is 24.6 Å². The largest absolute Gasteiger partial charge is 0.496 e. The summed E-state index contributed by atoms with van der Waals surface area (Å²) < 4.78 is 6.99. The summed E-state index contributed by atoms with van der Waals surface area (Å²) in [6.45, 7) is 1.37. The van der Waals surface area contributed by atoms with Gasteiger partial charge in [-0.25, -0.2) is 4.68 Å². The zero-order valence-electron chi connectivity index (χ0n) is 17.5. The Labute approximate surface area is 188 Å². The molecule has 162 valence electrons. The SMILES string of the molecule is COc1ccccc1-c1nnc(C2CCN(C(=O)c3cccc(-n4cnnn4)c3)CC2)s1. The summed E-state index contributed by atoms with van der Waals surface area (Å²) in [4.78, 5) is 15.0. The fraction of sp³-hybridized carbons (Fsp3) is 0.273. The fourth-order valence-corrected chi connectivity index (χ4v) is 4.95. The third kappa shape index (κ3) is 3.96. The van der Waals surface area contributed by atoms with Crippen molar-refractivity contribution in [2.45, 2.75) is 18.8 Å². The Morgan fingerprint density at radius 3 is 2.72 bits per heavy atom. The molecule has 3 heterocycles. The van der Waals surface area contributed by atoms with Crippen molar-refractivity contribution < 1.29 is 9.53 Å². The molecule has 0 bridgehead atoms. The van der Waals surface area contributed by atoms with Gasteiger partial charge < -0.3 is 9.64 Å². The van der Waals surface area contributed by atoms with Crippen molar-refractivity contribution in [1.82, 2.24) is 35.3 Å². The second-order valence-corrected chi connectivity index (χ2v) is 8.53. The number of benzene rings is 2. The Morgan fingerprint density at radius 1 is 1.09 bits per heavy atom. The number of hydrogen-bond donors (Lipinski definition) is 0. The predicted octanol–water partition coefficient (Wildman–Crippen LogP) is 3.21. The van der Waals surface area contributed by atoms with E-state index in [-0.39, 0.29) is 5.91 Å². The number of carbonyl (C=O) groups is 1. The predicted molar refractivity (Wildman–Crippen MR) is 119 cm³/mol. The molecule has 0 aliphatic carbocycles. The molecule has 5 rings (SSSR count). The summed E-state index contributed by atoms with van der Waals surface area (Å²) in [5.41, 5.74) is 2.34. The first-order valence-corrected chi connectivity index (χ1v) is 11.1. The van der Waals surface area contributed by atoms with Gasteiger partial charge in [-0.1, -0.05) is 29.5 Å². The minimum atomic E-state index is 0.0188. The zero-order valence-corrected chi connectivity index (χ0v) is 18.3. The molecule has 0 unspecified atom stereocenters. The molecular formula is C22H21N7O2S. The molecule has 4 aromatic rings. The van der Waals surface area contributed by atoms with Crippen molar-refractivity contribution in [3.8, 4) is 22.0 Å². The highest BCUT2D eigenvalue weighted by atomic mass is 32.1. The number of piperidine rings is 1. The number of aromatic nitrogens is 6. The molecule has 1 fully saturated rings. The van der Waals surface area contributed by atoms with Gasteiger partial charge in [0.2, 0.25) is 0 Å². The third-order valence-electron chi connectivity index (χ3n) is 5.62. The fourth-order valence-electron chi connectivity index (χ4n) is 3.90. The van der Waals surface area contributed by atoms with E-state index in [0.717, 1.165) is 39.9 Å². The van der Waals surface area contributed by atoms with Crippen LogP contribution in [0.2, 0.25) is 0 Å². The van der Waals surface area contributed by atoms with Crippen molar-refractivity contribution in [3.63, 3.8) is 0 Å². The lowest BCUT2D eigenvalue weighted by Gasteiger charge is -2.31. The summed E-state index contributed by atoms with van der Waals surface area (Å²) in [6.07, 6.45) is 3.23. The molecule has 2 aromatic carbocycles. The van der Waals surface area contributed by atoms with E-state index in [1.807, 2.05) is 53.4 Å². The van der Waals surface area contributed by atoms with Crippen molar-refractivity contribution in [3.05, 3.63) is 65.4 Å². The molecule has 10 heteroatoms. The number of rotatable bonds is 5. The number of para-hydroxylation sites is 1. The number of nitrogens with zero attached hydrogens (tertiary/aromatic N) is 7. The van der Waals surface area contributed by atoms with Crippen LogP contribution in [0, 0.1) is 0 Å². The van der Waals surface area contributed by atoms with E-state index < -0.39 is 0 Å². The Kier molecular flexibility index (Phi) is 5.59. The van der Waals surface area contributed by atoms with Gasteiger partial charge in [0.15, 0.2) is 5.01 Å². The Bertz CT molecular complexity index is 1220. The lowest BCUT2D eigenvalue weighted by molar-refractivity contribution is 0.0713. The molecule has 0 spiro atoms. The van der Waals surface area contributed by atoms with Gasteiger partial charge in [-0.2, -0.15) is 0 Å². The van der Waals surface area contributed by atoms with E-state index in [1.54, 1.807) is 18.4 Å². The van der Waals surface area contributed by atoms with E-state index in [0.29, 0.717) is 24.6 Å². The summed E-state index contributed by atoms with van der Waals surface area (Å²) >= 11 is 1.60. The minimum Gasteiger partial charge on any atom is -0.496 e. The van der Waals surface area contributed by atoms with Crippen molar-refractivity contribution >= 4 is 17.2 Å². The van der Waals surface area contributed by atoms with Crippen molar-refractivity contribution in [2.24, 2.45) is 0 Å². The Morgan fingerprint density at radius 2 is 1.94 bits per heavy atom. The van der Waals surface area contributed by atoms with Gasteiger partial charge in [0.1, 0.15) is 17.1 Å². The van der Waals surface area contributed by atoms with Crippen LogP contribution in [0.25, 0.3) is 16.3 Å². The maximum atomic E-state index is 13.1. The summed E-state index contributed by atoms with van der Waals surface area (Å²) in [5, 5.41) is 21.9. The smallest absolute Gasteiger partial charge is 0.253 e. The monoisotopic (exact) mass is 447 g/mol. The van der Waals surface area contributed by atoms with E-state index in [2.05, 4.69) is 25.7 Å². The maximum Gasteiger partial charge on any atom is 0.253 e. The molecule has 0 saturated carbocycles. The van der Waals surface area contributed by atoms with Crippen LogP contribution >= 0.6 is 11.3 Å². The molecule has 0 atom stereocenters. The Balaban J connectivity index is 1.25. The number of carbonyl (C=O) groups excluding carboxylic acids is 1. The number of likely N-dealkylation sites (tertiary alicyclic amines) is 1. The first-order valence-electron chi connectivity index (χ1n) is 10.3. The molecule has 1 amide bonds. The normalized spacial score (nSPS) is 14.5. The number of ether oxygens (including phenoxy) is 1. The third-order valence-corrected chi connectivity index (χ3v) is 6.74. The van der Waals surface area contributed by atoms with E-state index in [1.165, 1.54) is 11.0 Å². The van der Waals surface area contributed by atoms with Crippen LogP contribution in [0.3, 0.4) is 0 Å². The molecule has 1 aliphatic rings. The molecule has 9 nitrogen and oxygen atoms in total. The molecule has 1 aliphatic heterocycles. The van der Waals surface area contributed by atoms with Gasteiger partial charge in [0.05, 0.1) is 18.4 Å². The number of tetrazole rings is 1. The van der Waals surface area contributed by atoms with Crippen LogP contribution in [0.15, 0.2) is 54.9 Å². The van der Waals surface area contributed by atoms with Crippen LogP contribution in [0.1, 0.15) is 34.1 Å². The highest BCUT2D eigenvalue weighted by molar-refractivity contribution is 7.14. The summed E-state index contributed by atoms with van der Waals surface area (Å²) in [6, 6.07) is 15.2. The van der Waals surface area contributed by atoms with Gasteiger partial charge in [-0.05, 0) is 53.6 Å². The number of hydrogen-bond acceptors (Lipinski definition) is 8. The van der Waals surface area contributed by atoms with Crippen molar-refractivity contribution in [1.29, 1.82) is 0 Å². The molecule has 32 heavy (non-hydrogen) atoms. The average molecular weight is 448 g/mol. The van der Waals surface area contributed by atoms with E-state index in [4.69, 9.17) is 4.74 Å². The van der Waals surface area contributed by atoms with Crippen LogP contribution in [-0.4, -0.2) is 61.4 Å². The summed E-state index contributed by atoms with van der Waals surface area (Å²) in [5.74, 6) is 1.11. The quantitative estimate of drug-likeness (QED) is 0.463. The second-order valence-electron chi connectivity index (χ2n) is 7.52. The molecule has 2 aromatic heterocycles. The highest BCUT2D eigenvalue weighted by Gasteiger charge is 2.27. The first-order chi connectivity index (χ1) is 15.7. The molecule has 0 N–H and O–H groups in total. The van der Waals surface area contributed by atoms with Crippen molar-refractivity contribution in [2.75, 3.05) is 20.2 Å². The Hall–Kier alpha value is -3.66. The van der Waals surface area contributed by atoms with Gasteiger partial charge in [-0.15, -0.1) is 15.3 Å². The number of methoxy groups -OCH3 is 1. The first kappa shape index (κ1) is 20.3. The summed E-state index contributed by atoms with van der Waals surface area (Å²) in [7, 11) is 1.66. The van der Waals surface area contributed by atoms with Gasteiger partial charge in [0.25, 0.3) is 5.91 Å². The van der Waals surface area contributed by atoms with Gasteiger partial charge >= 0.3 is 0 Å². The van der Waals surface area contributed by atoms with E-state index >= 15 is 0 Å². The van der Waals surface area contributed by atoms with Crippen LogP contribution in [0.5, 0.6) is 5.75 Å². The zero-order chi connectivity index (χ0) is 21.9. The van der Waals surface area contributed by atoms with Crippen LogP contribution in [-0.2, 0) is 0 Å². The molecular weight excluding hydrogens is 426 g/mol. The average Bonchev–Trinajstić information content (AvgIpc) is 3.57. The lowest BCUT2D eigenvalue weighted by atomic mass is 9.97. The number of amides is 1. The van der Waals surface area contributed by atoms with E-state index in [9.17, 15) is 4.79 Å². The molecule has 1 saturated heterocycles. The minimum absolute atomic E-state index is 0.0188. The van der Waals surface area contributed by atoms with Crippen LogP contribution in [0.4, 0.5) is 0 Å².